The first kappa shape index (κ1) is 13.2. The van der Waals surface area contributed by atoms with E-state index in [0.29, 0.717) is 0 Å². The Morgan fingerprint density at radius 2 is 2.05 bits per heavy atom. The minimum atomic E-state index is -0.0334. The maximum Gasteiger partial charge on any atom is 0.0809 e. The molecular formula is C16H17N3S. The van der Waals surface area contributed by atoms with Crippen LogP contribution in [-0.2, 0) is 0 Å². The molecule has 0 amide bonds. The Morgan fingerprint density at radius 3 is 2.85 bits per heavy atom. The van der Waals surface area contributed by atoms with E-state index in [9.17, 15) is 0 Å². The standard InChI is InChI=1S/C16H17N3S/c1-10-3-4-11(2)13(7-10)16(19-17)12-8-15-14(18-9-12)5-6-20-15/h3-9,16,19H,17H2,1-2H3. The molecule has 0 saturated carbocycles. The van der Waals surface area contributed by atoms with Crippen molar-refractivity contribution in [1.29, 1.82) is 0 Å². The molecule has 2 heterocycles. The second-order valence-electron chi connectivity index (χ2n) is 5.03. The molecule has 2 aromatic heterocycles. The van der Waals surface area contributed by atoms with E-state index in [4.69, 9.17) is 5.84 Å². The molecule has 1 unspecified atom stereocenters. The average Bonchev–Trinajstić information content (AvgIpc) is 2.91. The van der Waals surface area contributed by atoms with Gasteiger partial charge in [0, 0.05) is 6.20 Å². The topological polar surface area (TPSA) is 50.9 Å². The lowest BCUT2D eigenvalue weighted by Crippen LogP contribution is -2.29. The highest BCUT2D eigenvalue weighted by atomic mass is 32.1. The monoisotopic (exact) mass is 283 g/mol. The summed E-state index contributed by atoms with van der Waals surface area (Å²) >= 11 is 1.70. The van der Waals surface area contributed by atoms with E-state index in [1.807, 2.05) is 12.3 Å². The van der Waals surface area contributed by atoms with Gasteiger partial charge in [-0.05, 0) is 48.1 Å². The summed E-state index contributed by atoms with van der Waals surface area (Å²) in [5.74, 6) is 5.80. The molecule has 0 fully saturated rings. The largest absolute Gasteiger partial charge is 0.271 e. The third kappa shape index (κ3) is 2.33. The summed E-state index contributed by atoms with van der Waals surface area (Å²) in [6.07, 6.45) is 1.90. The van der Waals surface area contributed by atoms with Crippen LogP contribution in [0.4, 0.5) is 0 Å². The minimum Gasteiger partial charge on any atom is -0.271 e. The molecule has 0 spiro atoms. The summed E-state index contributed by atoms with van der Waals surface area (Å²) in [7, 11) is 0. The van der Waals surface area contributed by atoms with E-state index in [2.05, 4.69) is 53.9 Å². The van der Waals surface area contributed by atoms with E-state index in [0.717, 1.165) is 11.1 Å². The Kier molecular flexibility index (Phi) is 3.53. The van der Waals surface area contributed by atoms with Crippen LogP contribution in [0.25, 0.3) is 10.2 Å². The maximum absolute atomic E-state index is 5.80. The predicted octanol–water partition coefficient (Wildman–Crippen LogP) is 3.47. The lowest BCUT2D eigenvalue weighted by Gasteiger charge is -2.19. The minimum absolute atomic E-state index is 0.0334. The summed E-state index contributed by atoms with van der Waals surface area (Å²) in [6.45, 7) is 4.20. The number of thiophene rings is 1. The van der Waals surface area contributed by atoms with Crippen molar-refractivity contribution in [3.63, 3.8) is 0 Å². The van der Waals surface area contributed by atoms with E-state index >= 15 is 0 Å². The Bertz CT molecular complexity index is 748. The molecular weight excluding hydrogens is 266 g/mol. The molecule has 3 aromatic rings. The van der Waals surface area contributed by atoms with Crippen molar-refractivity contribution in [2.24, 2.45) is 5.84 Å². The van der Waals surface area contributed by atoms with Gasteiger partial charge in [-0.1, -0.05) is 23.8 Å². The predicted molar refractivity (Wildman–Crippen MR) is 84.7 cm³/mol. The van der Waals surface area contributed by atoms with E-state index in [1.54, 1.807) is 11.3 Å². The molecule has 0 saturated heterocycles. The SMILES string of the molecule is Cc1ccc(C)c(C(NN)c2cnc3ccsc3c2)c1. The first-order chi connectivity index (χ1) is 9.69. The molecule has 0 aliphatic rings. The molecule has 0 bridgehead atoms. The number of aromatic nitrogens is 1. The van der Waals surface area contributed by atoms with Crippen molar-refractivity contribution < 1.29 is 0 Å². The van der Waals surface area contributed by atoms with E-state index in [1.165, 1.54) is 21.4 Å². The van der Waals surface area contributed by atoms with Crippen molar-refractivity contribution in [3.8, 4) is 0 Å². The second-order valence-corrected chi connectivity index (χ2v) is 5.98. The Balaban J connectivity index is 2.10. The number of aryl methyl sites for hydroxylation is 2. The normalized spacial score (nSPS) is 12.8. The molecule has 3 nitrogen and oxygen atoms in total. The molecule has 1 aromatic carbocycles. The van der Waals surface area contributed by atoms with Crippen LogP contribution in [-0.4, -0.2) is 4.98 Å². The summed E-state index contributed by atoms with van der Waals surface area (Å²) in [5.41, 5.74) is 8.71. The van der Waals surface area contributed by atoms with E-state index < -0.39 is 0 Å². The smallest absolute Gasteiger partial charge is 0.0809 e. The van der Waals surface area contributed by atoms with Gasteiger partial charge in [-0.25, -0.2) is 5.43 Å². The van der Waals surface area contributed by atoms with Crippen LogP contribution in [0.5, 0.6) is 0 Å². The highest BCUT2D eigenvalue weighted by molar-refractivity contribution is 7.17. The molecule has 3 rings (SSSR count). The zero-order valence-electron chi connectivity index (χ0n) is 11.6. The average molecular weight is 283 g/mol. The molecule has 0 aliphatic heterocycles. The fraction of sp³-hybridized carbons (Fsp3) is 0.188. The summed E-state index contributed by atoms with van der Waals surface area (Å²) in [6, 6.07) is 10.6. The number of hydrazine groups is 1. The Labute approximate surface area is 122 Å². The van der Waals surface area contributed by atoms with Gasteiger partial charge in [0.2, 0.25) is 0 Å². The number of nitrogens with two attached hydrogens (primary N) is 1. The third-order valence-electron chi connectivity index (χ3n) is 3.57. The van der Waals surface area contributed by atoms with Gasteiger partial charge < -0.3 is 0 Å². The zero-order chi connectivity index (χ0) is 14.1. The zero-order valence-corrected chi connectivity index (χ0v) is 12.4. The van der Waals surface area contributed by atoms with Gasteiger partial charge >= 0.3 is 0 Å². The quantitative estimate of drug-likeness (QED) is 0.571. The lowest BCUT2D eigenvalue weighted by atomic mass is 9.95. The highest BCUT2D eigenvalue weighted by Crippen LogP contribution is 2.28. The van der Waals surface area contributed by atoms with E-state index in [-0.39, 0.29) is 6.04 Å². The number of pyridine rings is 1. The number of rotatable bonds is 3. The van der Waals surface area contributed by atoms with Crippen LogP contribution in [0.3, 0.4) is 0 Å². The first-order valence-electron chi connectivity index (χ1n) is 6.55. The summed E-state index contributed by atoms with van der Waals surface area (Å²) in [5, 5.41) is 2.06. The molecule has 0 aliphatic carbocycles. The van der Waals surface area contributed by atoms with Gasteiger partial charge in [-0.2, -0.15) is 0 Å². The number of hydrogen-bond donors (Lipinski definition) is 2. The number of benzene rings is 1. The van der Waals surface area contributed by atoms with Crippen LogP contribution in [0.15, 0.2) is 41.9 Å². The van der Waals surface area contributed by atoms with Gasteiger partial charge in [-0.15, -0.1) is 11.3 Å². The lowest BCUT2D eigenvalue weighted by molar-refractivity contribution is 0.632. The van der Waals surface area contributed by atoms with Gasteiger partial charge in [-0.3, -0.25) is 10.8 Å². The molecule has 1 atom stereocenters. The molecule has 4 heteroatoms. The number of nitrogens with one attached hydrogen (secondary N) is 1. The first-order valence-corrected chi connectivity index (χ1v) is 7.43. The van der Waals surface area contributed by atoms with Crippen LogP contribution >= 0.6 is 11.3 Å². The third-order valence-corrected chi connectivity index (χ3v) is 4.42. The van der Waals surface area contributed by atoms with Crippen molar-refractivity contribution in [3.05, 3.63) is 64.2 Å². The summed E-state index contributed by atoms with van der Waals surface area (Å²) < 4.78 is 1.19. The number of hydrogen-bond acceptors (Lipinski definition) is 4. The maximum atomic E-state index is 5.80. The molecule has 3 N–H and O–H groups in total. The summed E-state index contributed by atoms with van der Waals surface area (Å²) in [4.78, 5) is 4.50. The van der Waals surface area contributed by atoms with Gasteiger partial charge in [0.15, 0.2) is 0 Å². The van der Waals surface area contributed by atoms with Crippen LogP contribution in [0, 0.1) is 13.8 Å². The second kappa shape index (κ2) is 5.32. The molecule has 0 radical (unpaired) electrons. The van der Waals surface area contributed by atoms with Crippen LogP contribution in [0.2, 0.25) is 0 Å². The fourth-order valence-electron chi connectivity index (χ4n) is 2.46. The van der Waals surface area contributed by atoms with Crippen molar-refractivity contribution in [1.82, 2.24) is 10.4 Å². The fourth-order valence-corrected chi connectivity index (χ4v) is 3.25. The molecule has 102 valence electrons. The van der Waals surface area contributed by atoms with Crippen molar-refractivity contribution in [2.45, 2.75) is 19.9 Å². The van der Waals surface area contributed by atoms with Crippen LogP contribution in [0.1, 0.15) is 28.3 Å². The van der Waals surface area contributed by atoms with Gasteiger partial charge in [0.05, 0.1) is 16.3 Å². The highest BCUT2D eigenvalue weighted by Gasteiger charge is 2.16. The molecule has 20 heavy (non-hydrogen) atoms. The van der Waals surface area contributed by atoms with Gasteiger partial charge in [0.25, 0.3) is 0 Å². The Hall–Kier alpha value is -1.75. The van der Waals surface area contributed by atoms with Crippen molar-refractivity contribution >= 4 is 21.6 Å². The van der Waals surface area contributed by atoms with Crippen LogP contribution < -0.4 is 11.3 Å². The Morgan fingerprint density at radius 1 is 1.20 bits per heavy atom. The number of nitrogens with zero attached hydrogens (tertiary/aromatic N) is 1. The number of fused-ring (bicyclic) bond motifs is 1. The van der Waals surface area contributed by atoms with Gasteiger partial charge in [0.1, 0.15) is 0 Å². The van der Waals surface area contributed by atoms with Crippen molar-refractivity contribution in [2.75, 3.05) is 0 Å².